The van der Waals surface area contributed by atoms with Crippen molar-refractivity contribution in [2.45, 2.75) is 6.92 Å². The molecule has 0 spiro atoms. The molecule has 0 bridgehead atoms. The van der Waals surface area contributed by atoms with Crippen molar-refractivity contribution in [1.82, 2.24) is 15.5 Å². The van der Waals surface area contributed by atoms with Crippen molar-refractivity contribution in [2.24, 2.45) is 0 Å². The van der Waals surface area contributed by atoms with Gasteiger partial charge in [0, 0.05) is 26.2 Å². The Morgan fingerprint density at radius 3 is 2.18 bits per heavy atom. The summed E-state index contributed by atoms with van der Waals surface area (Å²) in [5.74, 6) is 0. The third-order valence-electron chi connectivity index (χ3n) is 1.46. The fourth-order valence-electron chi connectivity index (χ4n) is 0.781. The Morgan fingerprint density at radius 2 is 1.64 bits per heavy atom. The number of rotatable bonds is 7. The fraction of sp³-hybridized carbons (Fsp3) is 1.00. The Balaban J connectivity index is 2.80. The fourth-order valence-corrected chi connectivity index (χ4v) is 0.781. The zero-order valence-corrected chi connectivity index (χ0v) is 7.98. The monoisotopic (exact) mass is 159 g/mol. The SMILES string of the molecule is CCNCCNCCN(C)C. The van der Waals surface area contributed by atoms with Crippen molar-refractivity contribution in [3.63, 3.8) is 0 Å². The van der Waals surface area contributed by atoms with Gasteiger partial charge in [0.15, 0.2) is 0 Å². The summed E-state index contributed by atoms with van der Waals surface area (Å²) in [6.45, 7) is 7.53. The molecule has 68 valence electrons. The Morgan fingerprint density at radius 1 is 1.00 bits per heavy atom. The minimum Gasteiger partial charge on any atom is -0.316 e. The van der Waals surface area contributed by atoms with Gasteiger partial charge in [-0.15, -0.1) is 0 Å². The quantitative estimate of drug-likeness (QED) is 0.502. The Labute approximate surface area is 70.2 Å². The van der Waals surface area contributed by atoms with Gasteiger partial charge in [0.2, 0.25) is 0 Å². The molecular formula is C8H21N3. The molecule has 0 aliphatic heterocycles. The summed E-state index contributed by atoms with van der Waals surface area (Å²) in [5.41, 5.74) is 0. The van der Waals surface area contributed by atoms with Gasteiger partial charge in [0.25, 0.3) is 0 Å². The van der Waals surface area contributed by atoms with Gasteiger partial charge >= 0.3 is 0 Å². The standard InChI is InChI=1S/C8H21N3/c1-4-9-5-6-10-7-8-11(2)3/h9-10H,4-8H2,1-3H3. The molecular weight excluding hydrogens is 138 g/mol. The van der Waals surface area contributed by atoms with Gasteiger partial charge in [-0.25, -0.2) is 0 Å². The van der Waals surface area contributed by atoms with Crippen LogP contribution in [0.2, 0.25) is 0 Å². The second kappa shape index (κ2) is 7.98. The highest BCUT2D eigenvalue weighted by Gasteiger charge is 1.88. The maximum atomic E-state index is 3.35. The third-order valence-corrected chi connectivity index (χ3v) is 1.46. The molecule has 2 N–H and O–H groups in total. The van der Waals surface area contributed by atoms with Gasteiger partial charge in [-0.2, -0.15) is 0 Å². The molecule has 0 heterocycles. The van der Waals surface area contributed by atoms with Crippen LogP contribution in [0.4, 0.5) is 0 Å². The highest BCUT2D eigenvalue weighted by Crippen LogP contribution is 1.69. The Kier molecular flexibility index (Phi) is 7.89. The lowest BCUT2D eigenvalue weighted by Gasteiger charge is -2.10. The van der Waals surface area contributed by atoms with E-state index in [9.17, 15) is 0 Å². The van der Waals surface area contributed by atoms with E-state index < -0.39 is 0 Å². The smallest absolute Gasteiger partial charge is 0.0101 e. The first-order chi connectivity index (χ1) is 5.27. The van der Waals surface area contributed by atoms with Crippen LogP contribution >= 0.6 is 0 Å². The molecule has 0 fully saturated rings. The molecule has 3 heteroatoms. The predicted molar refractivity (Wildman–Crippen MR) is 50.0 cm³/mol. The van der Waals surface area contributed by atoms with E-state index in [2.05, 4.69) is 36.6 Å². The lowest BCUT2D eigenvalue weighted by atomic mass is 10.5. The zero-order valence-electron chi connectivity index (χ0n) is 7.98. The average molecular weight is 159 g/mol. The Bertz CT molecular complexity index is 73.7. The van der Waals surface area contributed by atoms with Gasteiger partial charge in [0.1, 0.15) is 0 Å². The lowest BCUT2D eigenvalue weighted by molar-refractivity contribution is 0.400. The van der Waals surface area contributed by atoms with Crippen LogP contribution in [0.5, 0.6) is 0 Å². The first-order valence-corrected chi connectivity index (χ1v) is 4.33. The van der Waals surface area contributed by atoms with Crippen LogP contribution in [0.15, 0.2) is 0 Å². The van der Waals surface area contributed by atoms with E-state index in [1.54, 1.807) is 0 Å². The number of hydrogen-bond acceptors (Lipinski definition) is 3. The van der Waals surface area contributed by atoms with E-state index in [4.69, 9.17) is 0 Å². The minimum absolute atomic E-state index is 1.06. The molecule has 0 atom stereocenters. The lowest BCUT2D eigenvalue weighted by Crippen LogP contribution is -2.32. The molecule has 0 saturated carbocycles. The van der Waals surface area contributed by atoms with Crippen molar-refractivity contribution >= 4 is 0 Å². The van der Waals surface area contributed by atoms with E-state index in [0.717, 1.165) is 32.7 Å². The summed E-state index contributed by atoms with van der Waals surface area (Å²) in [4.78, 5) is 2.18. The second-order valence-electron chi connectivity index (χ2n) is 2.91. The van der Waals surface area contributed by atoms with Crippen LogP contribution in [0.3, 0.4) is 0 Å². The number of hydrogen-bond donors (Lipinski definition) is 2. The normalized spacial score (nSPS) is 10.9. The van der Waals surface area contributed by atoms with Crippen LogP contribution < -0.4 is 10.6 Å². The summed E-state index contributed by atoms with van der Waals surface area (Å²) in [5, 5.41) is 6.61. The van der Waals surface area contributed by atoms with Crippen molar-refractivity contribution in [3.8, 4) is 0 Å². The first-order valence-electron chi connectivity index (χ1n) is 4.33. The van der Waals surface area contributed by atoms with E-state index in [-0.39, 0.29) is 0 Å². The van der Waals surface area contributed by atoms with Gasteiger partial charge in [0.05, 0.1) is 0 Å². The summed E-state index contributed by atoms with van der Waals surface area (Å²) >= 11 is 0. The molecule has 0 aromatic rings. The van der Waals surface area contributed by atoms with Crippen molar-refractivity contribution in [2.75, 3.05) is 46.8 Å². The molecule has 0 saturated heterocycles. The van der Waals surface area contributed by atoms with E-state index in [1.807, 2.05) is 0 Å². The average Bonchev–Trinajstić information content (AvgIpc) is 1.96. The third kappa shape index (κ3) is 9.88. The van der Waals surface area contributed by atoms with Crippen molar-refractivity contribution in [1.29, 1.82) is 0 Å². The van der Waals surface area contributed by atoms with Gasteiger partial charge in [-0.05, 0) is 20.6 Å². The number of likely N-dealkylation sites (N-methyl/N-ethyl adjacent to an activating group) is 2. The second-order valence-corrected chi connectivity index (χ2v) is 2.91. The molecule has 0 aliphatic carbocycles. The number of nitrogens with one attached hydrogen (secondary N) is 2. The molecule has 0 aliphatic rings. The minimum atomic E-state index is 1.06. The van der Waals surface area contributed by atoms with Crippen molar-refractivity contribution in [3.05, 3.63) is 0 Å². The molecule has 0 rings (SSSR count). The van der Waals surface area contributed by atoms with Crippen LogP contribution in [-0.2, 0) is 0 Å². The molecule has 0 aromatic heterocycles. The maximum absolute atomic E-state index is 3.35. The Hall–Kier alpha value is -0.120. The number of nitrogens with zero attached hydrogens (tertiary/aromatic N) is 1. The molecule has 0 amide bonds. The summed E-state index contributed by atoms with van der Waals surface area (Å²) in [6.07, 6.45) is 0. The van der Waals surface area contributed by atoms with E-state index in [1.165, 1.54) is 0 Å². The van der Waals surface area contributed by atoms with Gasteiger partial charge < -0.3 is 15.5 Å². The highest BCUT2D eigenvalue weighted by molar-refractivity contribution is 4.52. The van der Waals surface area contributed by atoms with E-state index in [0.29, 0.717) is 0 Å². The molecule has 11 heavy (non-hydrogen) atoms. The van der Waals surface area contributed by atoms with Crippen molar-refractivity contribution < 1.29 is 0 Å². The maximum Gasteiger partial charge on any atom is 0.0101 e. The molecule has 0 aromatic carbocycles. The topological polar surface area (TPSA) is 27.3 Å². The summed E-state index contributed by atoms with van der Waals surface area (Å²) in [6, 6.07) is 0. The van der Waals surface area contributed by atoms with Crippen LogP contribution in [0.1, 0.15) is 6.92 Å². The predicted octanol–water partition coefficient (Wildman–Crippen LogP) is -0.253. The summed E-state index contributed by atoms with van der Waals surface area (Å²) < 4.78 is 0. The molecule has 0 radical (unpaired) electrons. The zero-order chi connectivity index (χ0) is 8.53. The molecule has 3 nitrogen and oxygen atoms in total. The van der Waals surface area contributed by atoms with Crippen LogP contribution in [0, 0.1) is 0 Å². The highest BCUT2D eigenvalue weighted by atomic mass is 15.1. The van der Waals surface area contributed by atoms with Gasteiger partial charge in [-0.3, -0.25) is 0 Å². The first kappa shape index (κ1) is 10.9. The largest absolute Gasteiger partial charge is 0.316 e. The van der Waals surface area contributed by atoms with Gasteiger partial charge in [-0.1, -0.05) is 6.92 Å². The summed E-state index contributed by atoms with van der Waals surface area (Å²) in [7, 11) is 4.18. The molecule has 0 unspecified atom stereocenters. The van der Waals surface area contributed by atoms with Crippen LogP contribution in [-0.4, -0.2) is 51.7 Å². The van der Waals surface area contributed by atoms with Crippen LogP contribution in [0.25, 0.3) is 0 Å². The van der Waals surface area contributed by atoms with E-state index >= 15 is 0 Å².